The summed E-state index contributed by atoms with van der Waals surface area (Å²) in [6.07, 6.45) is 37.2. The second-order valence-corrected chi connectivity index (χ2v) is 12.3. The number of allylic oxidation sites excluding steroid dienone is 8. The first-order chi connectivity index (χ1) is 23.3. The molecular weight excluding hydrogens is 608 g/mol. The van der Waals surface area contributed by atoms with Crippen LogP contribution in [0.25, 0.3) is 0 Å². The third kappa shape index (κ3) is 30.2. The van der Waals surface area contributed by atoms with Crippen molar-refractivity contribution >= 4 is 23.8 Å². The second-order valence-electron chi connectivity index (χ2n) is 12.3. The summed E-state index contributed by atoms with van der Waals surface area (Å²) in [5.74, 6) is -2.39. The van der Waals surface area contributed by atoms with Gasteiger partial charge in [-0.1, -0.05) is 107 Å². The summed E-state index contributed by atoms with van der Waals surface area (Å²) in [6, 6.07) is -1.39. The number of aliphatic hydroxyl groups is 1. The summed E-state index contributed by atoms with van der Waals surface area (Å²) in [5.41, 5.74) is 0. The molecule has 2 atom stereocenters. The van der Waals surface area contributed by atoms with Crippen LogP contribution in [-0.4, -0.2) is 59.3 Å². The van der Waals surface area contributed by atoms with Crippen LogP contribution < -0.4 is 10.6 Å². The van der Waals surface area contributed by atoms with Crippen molar-refractivity contribution in [1.82, 2.24) is 10.6 Å². The minimum absolute atomic E-state index is 0.0617. The van der Waals surface area contributed by atoms with Crippen molar-refractivity contribution in [3.8, 4) is 0 Å². The third-order valence-electron chi connectivity index (χ3n) is 7.84. The zero-order valence-electron chi connectivity index (χ0n) is 30.0. The largest absolute Gasteiger partial charge is 0.480 e. The van der Waals surface area contributed by atoms with E-state index in [0.717, 1.165) is 89.9 Å². The Morgan fingerprint density at radius 3 is 1.77 bits per heavy atom. The first kappa shape index (κ1) is 44.8. The van der Waals surface area contributed by atoms with E-state index in [-0.39, 0.29) is 30.9 Å². The van der Waals surface area contributed by atoms with Crippen molar-refractivity contribution in [3.05, 3.63) is 48.6 Å². The number of aliphatic hydroxyl groups excluding tert-OH is 1. The third-order valence-corrected chi connectivity index (χ3v) is 7.84. The number of unbranched alkanes of at least 4 members (excludes halogenated alkanes) is 10. The highest BCUT2D eigenvalue weighted by Gasteiger charge is 2.19. The lowest BCUT2D eigenvalue weighted by Crippen LogP contribution is -2.47. The van der Waals surface area contributed by atoms with E-state index in [4.69, 9.17) is 14.9 Å². The zero-order valence-corrected chi connectivity index (χ0v) is 30.0. The van der Waals surface area contributed by atoms with Crippen LogP contribution in [0, 0.1) is 0 Å². The maximum atomic E-state index is 12.6. The number of amides is 2. The van der Waals surface area contributed by atoms with Gasteiger partial charge in [0.15, 0.2) is 0 Å². The number of carboxylic acids is 1. The van der Waals surface area contributed by atoms with Crippen LogP contribution in [0.3, 0.4) is 0 Å². The SMILES string of the molecule is CC/C=C\C/C=C\C/C=C\C/C=C\CCCCC(=O)OC(CCCCCCCC)CCCCCCC(=O)NCC(=O)NC(CO)C(=O)O. The Morgan fingerprint density at radius 2 is 1.19 bits per heavy atom. The van der Waals surface area contributed by atoms with Crippen molar-refractivity contribution < 1.29 is 34.1 Å². The molecule has 0 aliphatic carbocycles. The van der Waals surface area contributed by atoms with Crippen molar-refractivity contribution in [3.63, 3.8) is 0 Å². The fourth-order valence-corrected chi connectivity index (χ4v) is 5.00. The molecule has 4 N–H and O–H groups in total. The predicted octanol–water partition coefficient (Wildman–Crippen LogP) is 8.03. The predicted molar refractivity (Wildman–Crippen MR) is 194 cm³/mol. The molecule has 0 aromatic carbocycles. The highest BCUT2D eigenvalue weighted by atomic mass is 16.5. The smallest absolute Gasteiger partial charge is 0.328 e. The van der Waals surface area contributed by atoms with Gasteiger partial charge in [-0.3, -0.25) is 14.4 Å². The fourth-order valence-electron chi connectivity index (χ4n) is 5.00. The molecule has 0 aliphatic rings. The molecule has 0 saturated carbocycles. The van der Waals surface area contributed by atoms with Gasteiger partial charge in [-0.2, -0.15) is 0 Å². The van der Waals surface area contributed by atoms with Crippen LogP contribution in [-0.2, 0) is 23.9 Å². The normalized spacial score (nSPS) is 13.1. The molecule has 2 amide bonds. The van der Waals surface area contributed by atoms with Crippen LogP contribution in [0.5, 0.6) is 0 Å². The van der Waals surface area contributed by atoms with E-state index in [1.807, 2.05) is 0 Å². The molecular formula is C39H66N2O7. The number of carboxylic acid groups (broad SMARTS) is 1. The Bertz CT molecular complexity index is 958. The monoisotopic (exact) mass is 674 g/mol. The van der Waals surface area contributed by atoms with Gasteiger partial charge >= 0.3 is 11.9 Å². The average Bonchev–Trinajstić information content (AvgIpc) is 3.07. The van der Waals surface area contributed by atoms with E-state index in [1.165, 1.54) is 25.7 Å². The fraction of sp³-hybridized carbons (Fsp3) is 0.692. The van der Waals surface area contributed by atoms with Crippen molar-refractivity contribution in [2.75, 3.05) is 13.2 Å². The van der Waals surface area contributed by atoms with Gasteiger partial charge in [0.2, 0.25) is 11.8 Å². The van der Waals surface area contributed by atoms with Gasteiger partial charge in [-0.05, 0) is 77.0 Å². The Kier molecular flexibility index (Phi) is 31.4. The molecule has 0 saturated heterocycles. The summed E-state index contributed by atoms with van der Waals surface area (Å²) >= 11 is 0. The lowest BCUT2D eigenvalue weighted by Gasteiger charge is -2.18. The number of hydrogen-bond donors (Lipinski definition) is 4. The van der Waals surface area contributed by atoms with Crippen molar-refractivity contribution in [2.24, 2.45) is 0 Å². The summed E-state index contributed by atoms with van der Waals surface area (Å²) in [6.45, 7) is 3.30. The van der Waals surface area contributed by atoms with Gasteiger partial charge in [0.25, 0.3) is 0 Å². The van der Waals surface area contributed by atoms with Gasteiger partial charge < -0.3 is 25.6 Å². The van der Waals surface area contributed by atoms with Crippen LogP contribution >= 0.6 is 0 Å². The number of esters is 1. The van der Waals surface area contributed by atoms with E-state index in [1.54, 1.807) is 0 Å². The number of nitrogens with one attached hydrogen (secondary N) is 2. The maximum absolute atomic E-state index is 12.6. The van der Waals surface area contributed by atoms with Crippen LogP contribution in [0.4, 0.5) is 0 Å². The lowest BCUT2D eigenvalue weighted by atomic mass is 10.0. The second kappa shape index (κ2) is 33.7. The number of carbonyl (C=O) groups is 4. The standard InChI is InChI=1S/C39H66N2O7/c1-3-5-7-9-11-12-13-14-15-16-17-18-19-21-27-31-38(45)48-34(28-24-20-10-8-6-4-2)29-25-22-23-26-30-36(43)40-32-37(44)41-35(33-42)39(46)47/h5,7,11-12,14-15,17-18,34-35,42H,3-4,6,8-10,13,16,19-33H2,1-2H3,(H,40,43)(H,41,44)(H,46,47)/b7-5-,12-11-,15-14-,18-17-. The molecule has 9 nitrogen and oxygen atoms in total. The van der Waals surface area contributed by atoms with E-state index in [9.17, 15) is 19.2 Å². The molecule has 0 rings (SSSR count). The summed E-state index contributed by atoms with van der Waals surface area (Å²) < 4.78 is 5.92. The molecule has 48 heavy (non-hydrogen) atoms. The Balaban J connectivity index is 4.27. The first-order valence-corrected chi connectivity index (χ1v) is 18.5. The highest BCUT2D eigenvalue weighted by molar-refractivity contribution is 5.87. The van der Waals surface area contributed by atoms with Gasteiger partial charge in [0.1, 0.15) is 12.1 Å². The number of ether oxygens (including phenoxy) is 1. The van der Waals surface area contributed by atoms with Gasteiger partial charge in [-0.15, -0.1) is 0 Å². The summed E-state index contributed by atoms with van der Waals surface area (Å²) in [5, 5.41) is 22.5. The van der Waals surface area contributed by atoms with E-state index >= 15 is 0 Å². The Morgan fingerprint density at radius 1 is 0.646 bits per heavy atom. The average molecular weight is 675 g/mol. The van der Waals surface area contributed by atoms with Crippen LogP contribution in [0.2, 0.25) is 0 Å². The number of carbonyl (C=O) groups excluding carboxylic acids is 3. The topological polar surface area (TPSA) is 142 Å². The molecule has 0 aliphatic heterocycles. The minimum Gasteiger partial charge on any atom is -0.480 e. The quantitative estimate of drug-likeness (QED) is 0.0321. The molecule has 0 radical (unpaired) electrons. The van der Waals surface area contributed by atoms with Gasteiger partial charge in [0.05, 0.1) is 13.2 Å². The number of hydrogen-bond acceptors (Lipinski definition) is 6. The molecule has 274 valence electrons. The number of rotatable bonds is 32. The molecule has 0 aromatic rings. The molecule has 0 spiro atoms. The molecule has 2 unspecified atom stereocenters. The van der Waals surface area contributed by atoms with Crippen LogP contribution in [0.1, 0.15) is 149 Å². The molecule has 0 heterocycles. The molecule has 0 fully saturated rings. The molecule has 0 bridgehead atoms. The molecule has 9 heteroatoms. The van der Waals surface area contributed by atoms with Crippen molar-refractivity contribution in [1.29, 1.82) is 0 Å². The Hall–Kier alpha value is -3.20. The van der Waals surface area contributed by atoms with Crippen LogP contribution in [0.15, 0.2) is 48.6 Å². The van der Waals surface area contributed by atoms with Gasteiger partial charge in [-0.25, -0.2) is 4.79 Å². The van der Waals surface area contributed by atoms with E-state index < -0.39 is 24.5 Å². The summed E-state index contributed by atoms with van der Waals surface area (Å²) in [7, 11) is 0. The first-order valence-electron chi connectivity index (χ1n) is 18.5. The highest BCUT2D eigenvalue weighted by Crippen LogP contribution is 2.18. The summed E-state index contributed by atoms with van der Waals surface area (Å²) in [4.78, 5) is 47.3. The lowest BCUT2D eigenvalue weighted by molar-refractivity contribution is -0.150. The maximum Gasteiger partial charge on any atom is 0.328 e. The van der Waals surface area contributed by atoms with Crippen molar-refractivity contribution in [2.45, 2.75) is 161 Å². The minimum atomic E-state index is -1.39. The zero-order chi connectivity index (χ0) is 35.5. The Labute approximate surface area is 290 Å². The molecule has 0 aromatic heterocycles. The van der Waals surface area contributed by atoms with E-state index in [2.05, 4.69) is 73.1 Å². The van der Waals surface area contributed by atoms with E-state index in [0.29, 0.717) is 12.8 Å². The number of aliphatic carboxylic acids is 1. The van der Waals surface area contributed by atoms with Gasteiger partial charge in [0, 0.05) is 12.8 Å².